The zero-order chi connectivity index (χ0) is 11.6. The van der Waals surface area contributed by atoms with Crippen molar-refractivity contribution in [2.45, 2.75) is 17.7 Å². The molecule has 0 unspecified atom stereocenters. The highest BCUT2D eigenvalue weighted by Crippen LogP contribution is 2.28. The smallest absolute Gasteiger partial charge is 0.240 e. The summed E-state index contributed by atoms with van der Waals surface area (Å²) in [5, 5.41) is 2.81. The summed E-state index contributed by atoms with van der Waals surface area (Å²) >= 11 is 0. The second kappa shape index (κ2) is 4.39. The van der Waals surface area contributed by atoms with E-state index in [2.05, 4.69) is 15.0 Å². The Bertz CT molecular complexity index is 469. The summed E-state index contributed by atoms with van der Waals surface area (Å²) in [4.78, 5) is 4.23. The quantitative estimate of drug-likeness (QED) is 0.800. The molecule has 0 atom stereocenters. The molecule has 0 aliphatic heterocycles. The normalized spacial score (nSPS) is 16.1. The van der Waals surface area contributed by atoms with Crippen molar-refractivity contribution in [2.24, 2.45) is 5.92 Å². The lowest BCUT2D eigenvalue weighted by atomic mass is 10.4. The van der Waals surface area contributed by atoms with Crippen molar-refractivity contribution >= 4 is 15.8 Å². The zero-order valence-electron chi connectivity index (χ0n) is 9.10. The van der Waals surface area contributed by atoms with E-state index in [1.165, 1.54) is 18.3 Å². The third-order valence-corrected chi connectivity index (χ3v) is 3.98. The van der Waals surface area contributed by atoms with E-state index in [1.807, 2.05) is 0 Å². The molecule has 1 aliphatic carbocycles. The van der Waals surface area contributed by atoms with Crippen LogP contribution in [0.5, 0.6) is 0 Å². The van der Waals surface area contributed by atoms with E-state index >= 15 is 0 Å². The molecule has 0 spiro atoms. The minimum Gasteiger partial charge on any atom is -0.373 e. The number of nitrogens with one attached hydrogen (secondary N) is 2. The molecule has 6 heteroatoms. The minimum absolute atomic E-state index is 0.257. The topological polar surface area (TPSA) is 71.1 Å². The number of sulfonamides is 1. The van der Waals surface area contributed by atoms with Gasteiger partial charge in [-0.05, 0) is 24.8 Å². The lowest BCUT2D eigenvalue weighted by Crippen LogP contribution is -2.25. The third-order valence-electron chi connectivity index (χ3n) is 2.56. The van der Waals surface area contributed by atoms with Gasteiger partial charge in [-0.25, -0.2) is 18.1 Å². The number of rotatable bonds is 5. The molecule has 16 heavy (non-hydrogen) atoms. The van der Waals surface area contributed by atoms with Crippen LogP contribution in [0.2, 0.25) is 0 Å². The van der Waals surface area contributed by atoms with Gasteiger partial charge < -0.3 is 5.32 Å². The molecule has 2 N–H and O–H groups in total. The van der Waals surface area contributed by atoms with Crippen LogP contribution in [0.4, 0.5) is 5.82 Å². The van der Waals surface area contributed by atoms with E-state index in [9.17, 15) is 8.42 Å². The van der Waals surface area contributed by atoms with Gasteiger partial charge in [0.15, 0.2) is 0 Å². The van der Waals surface area contributed by atoms with Crippen LogP contribution in [-0.4, -0.2) is 27.0 Å². The molecular weight excluding hydrogens is 226 g/mol. The minimum atomic E-state index is -3.38. The molecule has 88 valence electrons. The third kappa shape index (κ3) is 2.70. The summed E-state index contributed by atoms with van der Waals surface area (Å²) in [5.74, 6) is 1.08. The first-order valence-electron chi connectivity index (χ1n) is 5.25. The summed E-state index contributed by atoms with van der Waals surface area (Å²) in [7, 11) is -1.67. The van der Waals surface area contributed by atoms with Crippen LogP contribution in [-0.2, 0) is 10.0 Å². The highest BCUT2D eigenvalue weighted by atomic mass is 32.2. The Morgan fingerprint density at radius 2 is 2.25 bits per heavy atom. The van der Waals surface area contributed by atoms with Crippen LogP contribution in [0.1, 0.15) is 12.8 Å². The molecule has 2 rings (SSSR count). The van der Waals surface area contributed by atoms with E-state index in [0.717, 1.165) is 12.8 Å². The van der Waals surface area contributed by atoms with Crippen molar-refractivity contribution in [3.8, 4) is 0 Å². The van der Waals surface area contributed by atoms with Gasteiger partial charge in [-0.15, -0.1) is 0 Å². The summed E-state index contributed by atoms with van der Waals surface area (Å²) < 4.78 is 26.3. The summed E-state index contributed by atoms with van der Waals surface area (Å²) in [6.07, 6.45) is 3.73. The van der Waals surface area contributed by atoms with Crippen molar-refractivity contribution in [3.63, 3.8) is 0 Å². The SMILES string of the molecule is CNc1cc(S(=O)(=O)NCC2CC2)ccn1. The lowest BCUT2D eigenvalue weighted by molar-refractivity contribution is 0.577. The Balaban J connectivity index is 2.13. The van der Waals surface area contributed by atoms with E-state index in [1.54, 1.807) is 7.05 Å². The first-order valence-corrected chi connectivity index (χ1v) is 6.73. The van der Waals surface area contributed by atoms with Crippen LogP contribution in [0.25, 0.3) is 0 Å². The molecule has 1 fully saturated rings. The molecule has 0 aromatic carbocycles. The fourth-order valence-corrected chi connectivity index (χ4v) is 2.48. The predicted octanol–water partition coefficient (Wildman–Crippen LogP) is 0.812. The molecule has 0 saturated heterocycles. The van der Waals surface area contributed by atoms with Crippen molar-refractivity contribution in [1.82, 2.24) is 9.71 Å². The van der Waals surface area contributed by atoms with Gasteiger partial charge in [0.1, 0.15) is 5.82 Å². The largest absolute Gasteiger partial charge is 0.373 e. The molecule has 5 nitrogen and oxygen atoms in total. The molecule has 1 aromatic heterocycles. The Labute approximate surface area is 95.3 Å². The van der Waals surface area contributed by atoms with Crippen LogP contribution >= 0.6 is 0 Å². The van der Waals surface area contributed by atoms with Gasteiger partial charge in [0.2, 0.25) is 10.0 Å². The number of hydrogen-bond donors (Lipinski definition) is 2. The molecular formula is C10H15N3O2S. The van der Waals surface area contributed by atoms with Gasteiger partial charge in [-0.2, -0.15) is 0 Å². The van der Waals surface area contributed by atoms with Crippen molar-refractivity contribution < 1.29 is 8.42 Å². The Kier molecular flexibility index (Phi) is 3.11. The molecule has 1 saturated carbocycles. The van der Waals surface area contributed by atoms with E-state index < -0.39 is 10.0 Å². The molecule has 1 heterocycles. The van der Waals surface area contributed by atoms with Crippen LogP contribution in [0.15, 0.2) is 23.2 Å². The fraction of sp³-hybridized carbons (Fsp3) is 0.500. The molecule has 0 bridgehead atoms. The van der Waals surface area contributed by atoms with Crippen LogP contribution in [0, 0.1) is 5.92 Å². The van der Waals surface area contributed by atoms with E-state index in [4.69, 9.17) is 0 Å². The molecule has 0 radical (unpaired) electrons. The van der Waals surface area contributed by atoms with Crippen molar-refractivity contribution in [2.75, 3.05) is 18.9 Å². The van der Waals surface area contributed by atoms with Gasteiger partial charge in [0.05, 0.1) is 4.90 Å². The van der Waals surface area contributed by atoms with Crippen LogP contribution < -0.4 is 10.0 Å². The van der Waals surface area contributed by atoms with Gasteiger partial charge >= 0.3 is 0 Å². The second-order valence-corrected chi connectivity index (χ2v) is 5.69. The average Bonchev–Trinajstić information content (AvgIpc) is 3.10. The predicted molar refractivity (Wildman–Crippen MR) is 61.7 cm³/mol. The molecule has 0 amide bonds. The number of pyridine rings is 1. The maximum Gasteiger partial charge on any atom is 0.240 e. The average molecular weight is 241 g/mol. The second-order valence-electron chi connectivity index (χ2n) is 3.92. The number of aromatic nitrogens is 1. The van der Waals surface area contributed by atoms with E-state index in [-0.39, 0.29) is 4.90 Å². The van der Waals surface area contributed by atoms with Crippen molar-refractivity contribution in [1.29, 1.82) is 0 Å². The van der Waals surface area contributed by atoms with Gasteiger partial charge in [-0.1, -0.05) is 0 Å². The van der Waals surface area contributed by atoms with Gasteiger partial charge in [0.25, 0.3) is 0 Å². The number of anilines is 1. The first kappa shape index (κ1) is 11.3. The Hall–Kier alpha value is -1.14. The maximum atomic E-state index is 11.9. The summed E-state index contributed by atoms with van der Waals surface area (Å²) in [6.45, 7) is 0.541. The maximum absolute atomic E-state index is 11.9. The Morgan fingerprint density at radius 3 is 2.88 bits per heavy atom. The molecule has 1 aliphatic rings. The number of nitrogens with zero attached hydrogens (tertiary/aromatic N) is 1. The van der Waals surface area contributed by atoms with Crippen LogP contribution in [0.3, 0.4) is 0 Å². The fourth-order valence-electron chi connectivity index (χ4n) is 1.35. The summed E-state index contributed by atoms with van der Waals surface area (Å²) in [5.41, 5.74) is 0. The van der Waals surface area contributed by atoms with E-state index in [0.29, 0.717) is 18.3 Å². The number of hydrogen-bond acceptors (Lipinski definition) is 4. The highest BCUT2D eigenvalue weighted by molar-refractivity contribution is 7.89. The lowest BCUT2D eigenvalue weighted by Gasteiger charge is -2.07. The monoisotopic (exact) mass is 241 g/mol. The highest BCUT2D eigenvalue weighted by Gasteiger charge is 2.24. The standard InChI is InChI=1S/C10H15N3O2S/c1-11-10-6-9(4-5-12-10)16(14,15)13-7-8-2-3-8/h4-6,8,13H,2-3,7H2,1H3,(H,11,12). The first-order chi connectivity index (χ1) is 7.62. The van der Waals surface area contributed by atoms with Gasteiger partial charge in [-0.3, -0.25) is 0 Å². The summed E-state index contributed by atoms with van der Waals surface area (Å²) in [6, 6.07) is 3.02. The Morgan fingerprint density at radius 1 is 1.50 bits per heavy atom. The zero-order valence-corrected chi connectivity index (χ0v) is 9.92. The molecule has 1 aromatic rings. The van der Waals surface area contributed by atoms with Crippen molar-refractivity contribution in [3.05, 3.63) is 18.3 Å². The van der Waals surface area contributed by atoms with Gasteiger partial charge in [0, 0.05) is 25.9 Å².